The zero-order valence-electron chi connectivity index (χ0n) is 11.7. The quantitative estimate of drug-likeness (QED) is 0.924. The second-order valence-electron chi connectivity index (χ2n) is 5.60. The summed E-state index contributed by atoms with van der Waals surface area (Å²) in [6, 6.07) is 8.91. The lowest BCUT2D eigenvalue weighted by molar-refractivity contribution is 0.186. The van der Waals surface area contributed by atoms with Gasteiger partial charge in [0.1, 0.15) is 0 Å². The smallest absolute Gasteiger partial charge is 0.0446 e. The van der Waals surface area contributed by atoms with Crippen molar-refractivity contribution in [2.75, 3.05) is 38.2 Å². The van der Waals surface area contributed by atoms with E-state index in [1.807, 2.05) is 0 Å². The second-order valence-corrected chi connectivity index (χ2v) is 6.51. The number of anilines is 1. The van der Waals surface area contributed by atoms with Gasteiger partial charge in [-0.2, -0.15) is 0 Å². The van der Waals surface area contributed by atoms with Crippen LogP contribution in [-0.4, -0.2) is 49.3 Å². The normalized spacial score (nSPS) is 25.4. The summed E-state index contributed by atoms with van der Waals surface area (Å²) in [5.74, 6) is 0.632. The van der Waals surface area contributed by atoms with Gasteiger partial charge in [0, 0.05) is 42.4 Å². The summed E-state index contributed by atoms with van der Waals surface area (Å²) in [4.78, 5) is 4.83. The van der Waals surface area contributed by atoms with Crippen LogP contribution in [0.5, 0.6) is 0 Å². The highest BCUT2D eigenvalue weighted by atomic mass is 79.9. The number of likely N-dealkylation sites (N-methyl/N-ethyl adjacent to an activating group) is 1. The molecular weight excluding hydrogens is 304 g/mol. The standard InChI is InChI=1S/C15H23BrN2O/c1-12-9-17(2)15(6-7-19)11-18(10-12)14-5-3-4-13(16)8-14/h3-5,8,12,15,19H,6-7,9-11H2,1-2H3. The second kappa shape index (κ2) is 6.73. The fourth-order valence-corrected chi connectivity index (χ4v) is 3.27. The first-order chi connectivity index (χ1) is 9.10. The molecule has 1 saturated heterocycles. The highest BCUT2D eigenvalue weighted by Crippen LogP contribution is 2.24. The first kappa shape index (κ1) is 14.8. The maximum atomic E-state index is 9.24. The number of hydrogen-bond acceptors (Lipinski definition) is 3. The lowest BCUT2D eigenvalue weighted by Gasteiger charge is -2.29. The molecule has 0 spiro atoms. The fraction of sp³-hybridized carbons (Fsp3) is 0.600. The van der Waals surface area contributed by atoms with Crippen LogP contribution >= 0.6 is 15.9 Å². The van der Waals surface area contributed by atoms with Crippen molar-refractivity contribution in [3.8, 4) is 0 Å². The van der Waals surface area contributed by atoms with Gasteiger partial charge in [-0.3, -0.25) is 0 Å². The number of nitrogens with zero attached hydrogens (tertiary/aromatic N) is 2. The Kier molecular flexibility index (Phi) is 5.25. The monoisotopic (exact) mass is 326 g/mol. The van der Waals surface area contributed by atoms with Gasteiger partial charge in [0.2, 0.25) is 0 Å². The third-order valence-corrected chi connectivity index (χ3v) is 4.32. The molecule has 106 valence electrons. The summed E-state index contributed by atoms with van der Waals surface area (Å²) in [5, 5.41) is 9.24. The van der Waals surface area contributed by atoms with E-state index in [1.165, 1.54) is 5.69 Å². The van der Waals surface area contributed by atoms with Crippen LogP contribution in [0.1, 0.15) is 13.3 Å². The van der Waals surface area contributed by atoms with E-state index < -0.39 is 0 Å². The number of benzene rings is 1. The lowest BCUT2D eigenvalue weighted by Crippen LogP contribution is -2.39. The Labute approximate surface area is 124 Å². The molecule has 0 aliphatic carbocycles. The molecule has 1 aliphatic rings. The molecule has 2 atom stereocenters. The van der Waals surface area contributed by atoms with Crippen LogP contribution in [0.25, 0.3) is 0 Å². The first-order valence-corrected chi connectivity index (χ1v) is 7.71. The highest BCUT2D eigenvalue weighted by molar-refractivity contribution is 9.10. The van der Waals surface area contributed by atoms with Gasteiger partial charge in [-0.1, -0.05) is 28.9 Å². The predicted molar refractivity (Wildman–Crippen MR) is 83.6 cm³/mol. The highest BCUT2D eigenvalue weighted by Gasteiger charge is 2.25. The Bertz CT molecular complexity index is 413. The van der Waals surface area contributed by atoms with E-state index in [-0.39, 0.29) is 6.61 Å². The zero-order chi connectivity index (χ0) is 13.8. The van der Waals surface area contributed by atoms with E-state index >= 15 is 0 Å². The molecular formula is C15H23BrN2O. The summed E-state index contributed by atoms with van der Waals surface area (Å²) >= 11 is 3.54. The van der Waals surface area contributed by atoms with Gasteiger partial charge in [0.15, 0.2) is 0 Å². The van der Waals surface area contributed by atoms with Crippen LogP contribution in [-0.2, 0) is 0 Å². The zero-order valence-corrected chi connectivity index (χ0v) is 13.3. The topological polar surface area (TPSA) is 26.7 Å². The van der Waals surface area contributed by atoms with Gasteiger partial charge in [0.05, 0.1) is 0 Å². The Morgan fingerprint density at radius 3 is 2.79 bits per heavy atom. The van der Waals surface area contributed by atoms with E-state index in [1.54, 1.807) is 0 Å². The van der Waals surface area contributed by atoms with E-state index in [0.29, 0.717) is 12.0 Å². The molecule has 1 N–H and O–H groups in total. The van der Waals surface area contributed by atoms with Gasteiger partial charge in [-0.25, -0.2) is 0 Å². The van der Waals surface area contributed by atoms with E-state index in [0.717, 1.165) is 30.5 Å². The van der Waals surface area contributed by atoms with Gasteiger partial charge < -0.3 is 14.9 Å². The fourth-order valence-electron chi connectivity index (χ4n) is 2.89. The SMILES string of the molecule is CC1CN(c2cccc(Br)c2)CC(CCO)N(C)C1. The van der Waals surface area contributed by atoms with E-state index in [4.69, 9.17) is 0 Å². The molecule has 0 saturated carbocycles. The minimum absolute atomic E-state index is 0.260. The molecule has 1 heterocycles. The van der Waals surface area contributed by atoms with Crippen molar-refractivity contribution in [2.45, 2.75) is 19.4 Å². The van der Waals surface area contributed by atoms with Gasteiger partial charge in [-0.15, -0.1) is 0 Å². The molecule has 1 aromatic carbocycles. The molecule has 2 rings (SSSR count). The molecule has 3 nitrogen and oxygen atoms in total. The Morgan fingerprint density at radius 2 is 2.11 bits per heavy atom. The summed E-state index contributed by atoms with van der Waals surface area (Å²) < 4.78 is 1.12. The van der Waals surface area contributed by atoms with Crippen molar-refractivity contribution in [2.24, 2.45) is 5.92 Å². The lowest BCUT2D eigenvalue weighted by atomic mass is 10.1. The summed E-state index contributed by atoms with van der Waals surface area (Å²) in [6.45, 7) is 5.70. The molecule has 4 heteroatoms. The molecule has 1 fully saturated rings. The summed E-state index contributed by atoms with van der Waals surface area (Å²) in [6.07, 6.45) is 0.841. The third-order valence-electron chi connectivity index (χ3n) is 3.82. The number of aliphatic hydroxyl groups is 1. The van der Waals surface area contributed by atoms with Crippen LogP contribution < -0.4 is 4.90 Å². The maximum Gasteiger partial charge on any atom is 0.0446 e. The van der Waals surface area contributed by atoms with E-state index in [9.17, 15) is 5.11 Å². The van der Waals surface area contributed by atoms with E-state index in [2.05, 4.69) is 64.0 Å². The first-order valence-electron chi connectivity index (χ1n) is 6.91. The summed E-state index contributed by atoms with van der Waals surface area (Å²) in [7, 11) is 2.17. The molecule has 0 radical (unpaired) electrons. The minimum Gasteiger partial charge on any atom is -0.396 e. The average molecular weight is 327 g/mol. The van der Waals surface area contributed by atoms with Gasteiger partial charge >= 0.3 is 0 Å². The number of aliphatic hydroxyl groups excluding tert-OH is 1. The van der Waals surface area contributed by atoms with Crippen LogP contribution in [0.4, 0.5) is 5.69 Å². The Hall–Kier alpha value is -0.580. The van der Waals surface area contributed by atoms with Crippen molar-refractivity contribution in [1.29, 1.82) is 0 Å². The number of halogens is 1. The van der Waals surface area contributed by atoms with Crippen LogP contribution in [0, 0.1) is 5.92 Å². The molecule has 0 aromatic heterocycles. The molecule has 0 bridgehead atoms. The molecule has 1 aromatic rings. The van der Waals surface area contributed by atoms with Crippen LogP contribution in [0.15, 0.2) is 28.7 Å². The third kappa shape index (κ3) is 3.94. The van der Waals surface area contributed by atoms with Crippen molar-refractivity contribution < 1.29 is 5.11 Å². The van der Waals surface area contributed by atoms with Crippen molar-refractivity contribution in [1.82, 2.24) is 4.90 Å². The maximum absolute atomic E-state index is 9.24. The molecule has 0 amide bonds. The minimum atomic E-state index is 0.260. The summed E-state index contributed by atoms with van der Waals surface area (Å²) in [5.41, 5.74) is 1.26. The molecule has 1 aliphatic heterocycles. The van der Waals surface area contributed by atoms with Crippen molar-refractivity contribution in [3.63, 3.8) is 0 Å². The Morgan fingerprint density at radius 1 is 1.32 bits per heavy atom. The average Bonchev–Trinajstić information content (AvgIpc) is 2.49. The predicted octanol–water partition coefficient (Wildman–Crippen LogP) is 2.59. The van der Waals surface area contributed by atoms with Crippen LogP contribution in [0.3, 0.4) is 0 Å². The largest absolute Gasteiger partial charge is 0.396 e. The van der Waals surface area contributed by atoms with Gasteiger partial charge in [-0.05, 0) is 37.6 Å². The van der Waals surface area contributed by atoms with Crippen molar-refractivity contribution >= 4 is 21.6 Å². The van der Waals surface area contributed by atoms with Gasteiger partial charge in [0.25, 0.3) is 0 Å². The Balaban J connectivity index is 2.18. The number of rotatable bonds is 3. The van der Waals surface area contributed by atoms with Crippen LogP contribution in [0.2, 0.25) is 0 Å². The molecule has 19 heavy (non-hydrogen) atoms. The molecule has 2 unspecified atom stereocenters. The number of hydrogen-bond donors (Lipinski definition) is 1. The van der Waals surface area contributed by atoms with Crippen molar-refractivity contribution in [3.05, 3.63) is 28.7 Å².